The number of aliphatic hydroxyl groups excluding tert-OH is 1. The van der Waals surface area contributed by atoms with Crippen molar-refractivity contribution < 1.29 is 19.1 Å². The lowest BCUT2D eigenvalue weighted by molar-refractivity contribution is -0.132. The summed E-state index contributed by atoms with van der Waals surface area (Å²) in [5.74, 6) is -2.46. The summed E-state index contributed by atoms with van der Waals surface area (Å²) in [6.07, 6.45) is 0. The molecule has 1 aliphatic heterocycles. The van der Waals surface area contributed by atoms with Crippen molar-refractivity contribution in [2.45, 2.75) is 39.2 Å². The Labute approximate surface area is 189 Å². The number of halogens is 1. The zero-order chi connectivity index (χ0) is 23.2. The highest BCUT2D eigenvalue weighted by Crippen LogP contribution is 2.43. The maximum atomic E-state index is 13.4. The molecule has 32 heavy (non-hydrogen) atoms. The summed E-state index contributed by atoms with van der Waals surface area (Å²) in [7, 11) is 0. The zero-order valence-corrected chi connectivity index (χ0v) is 18.9. The lowest BCUT2D eigenvalue weighted by Gasteiger charge is -2.24. The Balaban J connectivity index is 1.91. The van der Waals surface area contributed by atoms with Crippen molar-refractivity contribution in [3.05, 3.63) is 81.6 Å². The molecule has 1 atom stereocenters. The van der Waals surface area contributed by atoms with Crippen molar-refractivity contribution in [1.29, 1.82) is 0 Å². The number of hydrogen-bond donors (Lipinski definition) is 1. The molecule has 0 spiro atoms. The molecule has 0 bridgehead atoms. The number of benzene rings is 2. The Morgan fingerprint density at radius 1 is 1.03 bits per heavy atom. The molecule has 164 valence electrons. The molecule has 1 amide bonds. The molecule has 1 N–H and O–H groups in total. The maximum Gasteiger partial charge on any atom is 0.301 e. The molecule has 1 aromatic heterocycles. The minimum atomic E-state index is -0.888. The van der Waals surface area contributed by atoms with Gasteiger partial charge >= 0.3 is 5.91 Å². The van der Waals surface area contributed by atoms with E-state index < -0.39 is 23.5 Å². The van der Waals surface area contributed by atoms with Crippen molar-refractivity contribution in [3.63, 3.8) is 0 Å². The maximum absolute atomic E-state index is 13.4. The van der Waals surface area contributed by atoms with Crippen LogP contribution in [0.15, 0.2) is 54.1 Å². The predicted molar refractivity (Wildman–Crippen MR) is 121 cm³/mol. The van der Waals surface area contributed by atoms with Gasteiger partial charge in [0.05, 0.1) is 11.6 Å². The highest BCUT2D eigenvalue weighted by Gasteiger charge is 2.48. The summed E-state index contributed by atoms with van der Waals surface area (Å²) in [5.41, 5.74) is 1.83. The Morgan fingerprint density at radius 2 is 1.66 bits per heavy atom. The molecule has 1 saturated heterocycles. The molecule has 2 aromatic carbocycles. The van der Waals surface area contributed by atoms with Gasteiger partial charge in [-0.25, -0.2) is 4.39 Å². The number of Topliss-reactive ketones (excluding diaryl/α,β-unsaturated/α-hetero) is 1. The van der Waals surface area contributed by atoms with Gasteiger partial charge in [0, 0.05) is 5.56 Å². The topological polar surface area (TPSA) is 83.4 Å². The molecule has 3 aromatic rings. The quantitative estimate of drug-likeness (QED) is 0.348. The molecular formula is C24H22FN3O3S. The largest absolute Gasteiger partial charge is 0.507 e. The summed E-state index contributed by atoms with van der Waals surface area (Å²) in [4.78, 5) is 27.4. The van der Waals surface area contributed by atoms with Crippen LogP contribution in [0.25, 0.3) is 5.76 Å². The molecule has 2 heterocycles. The van der Waals surface area contributed by atoms with Gasteiger partial charge in [-0.1, -0.05) is 56.4 Å². The van der Waals surface area contributed by atoms with E-state index in [2.05, 4.69) is 31.0 Å². The second-order valence-corrected chi connectivity index (χ2v) is 9.81. The molecule has 0 saturated carbocycles. The lowest BCUT2D eigenvalue weighted by atomic mass is 9.85. The number of carbonyl (C=O) groups excluding carboxylic acids is 2. The third-order valence-corrected chi connectivity index (χ3v) is 6.21. The van der Waals surface area contributed by atoms with Gasteiger partial charge in [0.25, 0.3) is 5.78 Å². The van der Waals surface area contributed by atoms with Crippen LogP contribution in [0.4, 0.5) is 9.52 Å². The highest BCUT2D eigenvalue weighted by atomic mass is 32.1. The van der Waals surface area contributed by atoms with E-state index >= 15 is 0 Å². The first-order valence-electron chi connectivity index (χ1n) is 10.1. The van der Waals surface area contributed by atoms with Crippen LogP contribution >= 0.6 is 11.3 Å². The third kappa shape index (κ3) is 3.82. The van der Waals surface area contributed by atoms with Crippen LogP contribution in [-0.2, 0) is 15.0 Å². The normalized spacial score (nSPS) is 18.4. The van der Waals surface area contributed by atoms with Crippen LogP contribution < -0.4 is 4.90 Å². The molecule has 8 heteroatoms. The number of amides is 1. The summed E-state index contributed by atoms with van der Waals surface area (Å²) >= 11 is 1.18. The van der Waals surface area contributed by atoms with Gasteiger partial charge in [-0.3, -0.25) is 14.5 Å². The number of rotatable bonds is 3. The first-order valence-corrected chi connectivity index (χ1v) is 10.9. The second kappa shape index (κ2) is 7.94. The number of aromatic nitrogens is 2. The smallest absolute Gasteiger partial charge is 0.301 e. The molecule has 0 radical (unpaired) electrons. The van der Waals surface area contributed by atoms with Gasteiger partial charge in [0.1, 0.15) is 16.6 Å². The van der Waals surface area contributed by atoms with Crippen LogP contribution in [0.2, 0.25) is 0 Å². The number of carbonyl (C=O) groups is 2. The average molecular weight is 452 g/mol. The van der Waals surface area contributed by atoms with E-state index in [1.54, 1.807) is 6.92 Å². The number of hydrogen-bond acceptors (Lipinski definition) is 6. The number of ketones is 1. The van der Waals surface area contributed by atoms with Crippen molar-refractivity contribution in [3.8, 4) is 0 Å². The first-order chi connectivity index (χ1) is 15.1. The minimum Gasteiger partial charge on any atom is -0.507 e. The van der Waals surface area contributed by atoms with Crippen LogP contribution in [0, 0.1) is 12.7 Å². The Hall–Kier alpha value is -3.39. The number of anilines is 1. The van der Waals surface area contributed by atoms with Crippen molar-refractivity contribution in [1.82, 2.24) is 10.2 Å². The van der Waals surface area contributed by atoms with Crippen LogP contribution in [-0.4, -0.2) is 27.0 Å². The Kier molecular flexibility index (Phi) is 5.42. The summed E-state index contributed by atoms with van der Waals surface area (Å²) in [6, 6.07) is 11.8. The van der Waals surface area contributed by atoms with Gasteiger partial charge in [-0.05, 0) is 47.7 Å². The van der Waals surface area contributed by atoms with E-state index in [1.807, 2.05) is 24.3 Å². The van der Waals surface area contributed by atoms with E-state index in [4.69, 9.17) is 0 Å². The van der Waals surface area contributed by atoms with Crippen molar-refractivity contribution in [2.24, 2.45) is 0 Å². The zero-order valence-electron chi connectivity index (χ0n) is 18.1. The van der Waals surface area contributed by atoms with E-state index in [0.29, 0.717) is 10.6 Å². The fourth-order valence-electron chi connectivity index (χ4n) is 3.66. The SMILES string of the molecule is Cc1nnc(N2C(=O)C(=O)/C(=C(/O)c3ccc(F)cc3)[C@H]2c2ccc(C(C)(C)C)cc2)s1. The van der Waals surface area contributed by atoms with Crippen LogP contribution in [0.3, 0.4) is 0 Å². The monoisotopic (exact) mass is 451 g/mol. The summed E-state index contributed by atoms with van der Waals surface area (Å²) < 4.78 is 13.4. The molecule has 0 aliphatic carbocycles. The third-order valence-electron chi connectivity index (χ3n) is 5.38. The van der Waals surface area contributed by atoms with Gasteiger partial charge < -0.3 is 5.11 Å². The van der Waals surface area contributed by atoms with Crippen LogP contribution in [0.5, 0.6) is 0 Å². The fourth-order valence-corrected chi connectivity index (χ4v) is 4.37. The van der Waals surface area contributed by atoms with Crippen LogP contribution in [0.1, 0.15) is 48.5 Å². The van der Waals surface area contributed by atoms with E-state index in [9.17, 15) is 19.1 Å². The Morgan fingerprint density at radius 3 is 2.19 bits per heavy atom. The molecular weight excluding hydrogens is 429 g/mol. The standard InChI is InChI=1S/C24H22FN3O3S/c1-13-26-27-23(32-13)28-19(14-5-9-16(10-6-14)24(2,3)4)18(21(30)22(28)31)20(29)15-7-11-17(25)12-8-15/h5-12,19,29H,1-4H3/b20-18+/t19-/m1/s1. The van der Waals surface area contributed by atoms with E-state index in [1.165, 1.54) is 40.5 Å². The molecule has 4 rings (SSSR count). The molecule has 1 fully saturated rings. The average Bonchev–Trinajstić information content (AvgIpc) is 3.28. The van der Waals surface area contributed by atoms with Gasteiger partial charge in [0.15, 0.2) is 0 Å². The number of aliphatic hydroxyl groups is 1. The first kappa shape index (κ1) is 21.8. The van der Waals surface area contributed by atoms with E-state index in [0.717, 1.165) is 5.56 Å². The molecule has 1 aliphatic rings. The van der Waals surface area contributed by atoms with Crippen molar-refractivity contribution in [2.75, 3.05) is 4.90 Å². The predicted octanol–water partition coefficient (Wildman–Crippen LogP) is 4.91. The minimum absolute atomic E-state index is 0.0713. The number of aryl methyl sites for hydroxylation is 1. The van der Waals surface area contributed by atoms with Crippen molar-refractivity contribution >= 4 is 33.9 Å². The number of nitrogens with zero attached hydrogens (tertiary/aromatic N) is 3. The second-order valence-electron chi connectivity index (χ2n) is 8.65. The lowest BCUT2D eigenvalue weighted by Crippen LogP contribution is -2.29. The summed E-state index contributed by atoms with van der Waals surface area (Å²) in [5, 5.41) is 20.0. The van der Waals surface area contributed by atoms with Gasteiger partial charge in [0.2, 0.25) is 5.13 Å². The fraction of sp³-hybridized carbons (Fsp3) is 0.250. The Bertz CT molecular complexity index is 1220. The molecule has 0 unspecified atom stereocenters. The summed E-state index contributed by atoms with van der Waals surface area (Å²) in [6.45, 7) is 8.02. The highest BCUT2D eigenvalue weighted by molar-refractivity contribution is 7.15. The molecule has 6 nitrogen and oxygen atoms in total. The van der Waals surface area contributed by atoms with Gasteiger partial charge in [-0.2, -0.15) is 0 Å². The van der Waals surface area contributed by atoms with Gasteiger partial charge in [-0.15, -0.1) is 10.2 Å². The van der Waals surface area contributed by atoms with E-state index in [-0.39, 0.29) is 27.4 Å².